The van der Waals surface area contributed by atoms with E-state index in [2.05, 4.69) is 0 Å². The third-order valence-corrected chi connectivity index (χ3v) is 3.76. The van der Waals surface area contributed by atoms with Crippen molar-refractivity contribution in [3.8, 4) is 0 Å². The second kappa shape index (κ2) is 6.33. The van der Waals surface area contributed by atoms with E-state index in [9.17, 15) is 9.18 Å². The normalized spacial score (nSPS) is 17.8. The van der Waals surface area contributed by atoms with Crippen LogP contribution in [-0.4, -0.2) is 54.6 Å². The molecule has 0 fully saturated rings. The first kappa shape index (κ1) is 14.9. The molecule has 0 heterocycles. The summed E-state index contributed by atoms with van der Waals surface area (Å²) in [6, 6.07) is 4.91. The standard InChI is InChI=1S/C15H21FN2O2/c1-17(2)7-8-18(10-15(19)20)14-6-3-11-9-12(16)4-5-13(11)14/h4-5,9,14H,3,6-8,10H2,1-2H3,(H,19,20). The van der Waals surface area contributed by atoms with Gasteiger partial charge in [0.15, 0.2) is 0 Å². The number of hydrogen-bond acceptors (Lipinski definition) is 3. The number of carboxylic acid groups (broad SMARTS) is 1. The lowest BCUT2D eigenvalue weighted by molar-refractivity contribution is -0.139. The Bertz CT molecular complexity index is 491. The second-order valence-electron chi connectivity index (χ2n) is 5.57. The number of halogens is 1. The molecule has 0 radical (unpaired) electrons. The van der Waals surface area contributed by atoms with Crippen molar-refractivity contribution in [3.05, 3.63) is 35.1 Å². The zero-order chi connectivity index (χ0) is 14.7. The molecule has 0 saturated carbocycles. The highest BCUT2D eigenvalue weighted by molar-refractivity contribution is 5.69. The SMILES string of the molecule is CN(C)CCN(CC(=O)O)C1CCc2cc(F)ccc21. The van der Waals surface area contributed by atoms with Crippen LogP contribution >= 0.6 is 0 Å². The molecule has 1 aliphatic rings. The maximum atomic E-state index is 13.2. The summed E-state index contributed by atoms with van der Waals surface area (Å²) in [6.45, 7) is 1.52. The highest BCUT2D eigenvalue weighted by Crippen LogP contribution is 2.35. The molecule has 0 spiro atoms. The van der Waals surface area contributed by atoms with Gasteiger partial charge < -0.3 is 10.0 Å². The number of rotatable bonds is 6. The predicted molar refractivity (Wildman–Crippen MR) is 75.2 cm³/mol. The van der Waals surface area contributed by atoms with Gasteiger partial charge in [0.1, 0.15) is 5.82 Å². The highest BCUT2D eigenvalue weighted by Gasteiger charge is 2.29. The summed E-state index contributed by atoms with van der Waals surface area (Å²) in [7, 11) is 3.94. The minimum Gasteiger partial charge on any atom is -0.480 e. The van der Waals surface area contributed by atoms with E-state index >= 15 is 0 Å². The molecule has 20 heavy (non-hydrogen) atoms. The van der Waals surface area contributed by atoms with Crippen molar-refractivity contribution in [2.24, 2.45) is 0 Å². The fourth-order valence-corrected chi connectivity index (χ4v) is 2.79. The van der Waals surface area contributed by atoms with E-state index in [0.29, 0.717) is 6.54 Å². The van der Waals surface area contributed by atoms with Crippen LogP contribution in [0.5, 0.6) is 0 Å². The Balaban J connectivity index is 2.16. The first-order valence-electron chi connectivity index (χ1n) is 6.86. The monoisotopic (exact) mass is 280 g/mol. The molecule has 4 nitrogen and oxygen atoms in total. The van der Waals surface area contributed by atoms with Crippen LogP contribution in [0.1, 0.15) is 23.6 Å². The number of aryl methyl sites for hydroxylation is 1. The molecule has 1 aromatic carbocycles. The van der Waals surface area contributed by atoms with Gasteiger partial charge >= 0.3 is 5.97 Å². The molecular formula is C15H21FN2O2. The number of aliphatic carboxylic acids is 1. The summed E-state index contributed by atoms with van der Waals surface area (Å²) in [5.74, 6) is -1.04. The lowest BCUT2D eigenvalue weighted by Crippen LogP contribution is -2.37. The molecule has 0 amide bonds. The van der Waals surface area contributed by atoms with Gasteiger partial charge in [-0.2, -0.15) is 0 Å². The highest BCUT2D eigenvalue weighted by atomic mass is 19.1. The summed E-state index contributed by atoms with van der Waals surface area (Å²) in [5.41, 5.74) is 2.08. The number of nitrogens with zero attached hydrogens (tertiary/aromatic N) is 2. The molecular weight excluding hydrogens is 259 g/mol. The van der Waals surface area contributed by atoms with Crippen molar-refractivity contribution >= 4 is 5.97 Å². The van der Waals surface area contributed by atoms with E-state index in [4.69, 9.17) is 5.11 Å². The van der Waals surface area contributed by atoms with Gasteiger partial charge in [-0.15, -0.1) is 0 Å². The Morgan fingerprint density at radius 2 is 2.15 bits per heavy atom. The number of likely N-dealkylation sites (N-methyl/N-ethyl adjacent to an activating group) is 1. The molecule has 110 valence electrons. The van der Waals surface area contributed by atoms with Crippen molar-refractivity contribution in [1.82, 2.24) is 9.80 Å². The van der Waals surface area contributed by atoms with E-state index in [-0.39, 0.29) is 18.4 Å². The number of hydrogen-bond donors (Lipinski definition) is 1. The maximum Gasteiger partial charge on any atom is 0.317 e. The van der Waals surface area contributed by atoms with Crippen LogP contribution < -0.4 is 0 Å². The molecule has 0 bridgehead atoms. The fourth-order valence-electron chi connectivity index (χ4n) is 2.79. The number of benzene rings is 1. The summed E-state index contributed by atoms with van der Waals surface area (Å²) < 4.78 is 13.2. The van der Waals surface area contributed by atoms with Crippen molar-refractivity contribution in [3.63, 3.8) is 0 Å². The minimum absolute atomic E-state index is 0.0231. The van der Waals surface area contributed by atoms with Crippen molar-refractivity contribution in [1.29, 1.82) is 0 Å². The Morgan fingerprint density at radius 1 is 1.40 bits per heavy atom. The van der Waals surface area contributed by atoms with Gasteiger partial charge in [-0.25, -0.2) is 4.39 Å². The Morgan fingerprint density at radius 3 is 2.80 bits per heavy atom. The van der Waals surface area contributed by atoms with E-state index in [1.807, 2.05) is 23.9 Å². The predicted octanol–water partition coefficient (Wildman–Crippen LogP) is 1.76. The van der Waals surface area contributed by atoms with Crippen LogP contribution in [-0.2, 0) is 11.2 Å². The summed E-state index contributed by atoms with van der Waals surface area (Å²) in [4.78, 5) is 15.1. The van der Waals surface area contributed by atoms with Crippen LogP contribution in [0.4, 0.5) is 4.39 Å². The molecule has 0 aromatic heterocycles. The molecule has 2 rings (SSSR count). The second-order valence-corrected chi connectivity index (χ2v) is 5.57. The lowest BCUT2D eigenvalue weighted by Gasteiger charge is -2.29. The third-order valence-electron chi connectivity index (χ3n) is 3.76. The van der Waals surface area contributed by atoms with E-state index in [1.165, 1.54) is 6.07 Å². The number of fused-ring (bicyclic) bond motifs is 1. The fraction of sp³-hybridized carbons (Fsp3) is 0.533. The van der Waals surface area contributed by atoms with Gasteiger partial charge in [0.05, 0.1) is 6.54 Å². The van der Waals surface area contributed by atoms with Gasteiger partial charge in [-0.3, -0.25) is 9.69 Å². The van der Waals surface area contributed by atoms with Gasteiger partial charge in [-0.1, -0.05) is 6.07 Å². The topological polar surface area (TPSA) is 43.8 Å². The van der Waals surface area contributed by atoms with Crippen LogP contribution in [0.15, 0.2) is 18.2 Å². The Kier molecular flexibility index (Phi) is 4.73. The minimum atomic E-state index is -0.820. The lowest BCUT2D eigenvalue weighted by atomic mass is 10.1. The molecule has 0 aliphatic heterocycles. The molecule has 1 atom stereocenters. The van der Waals surface area contributed by atoms with E-state index in [1.54, 1.807) is 12.1 Å². The molecule has 1 N–H and O–H groups in total. The molecule has 1 aliphatic carbocycles. The zero-order valence-electron chi connectivity index (χ0n) is 12.0. The zero-order valence-corrected chi connectivity index (χ0v) is 12.0. The molecule has 1 aromatic rings. The molecule has 5 heteroatoms. The molecule has 0 saturated heterocycles. The van der Waals surface area contributed by atoms with Crippen LogP contribution in [0.25, 0.3) is 0 Å². The van der Waals surface area contributed by atoms with Crippen LogP contribution in [0.3, 0.4) is 0 Å². The summed E-state index contributed by atoms with van der Waals surface area (Å²) in [5, 5.41) is 9.09. The van der Waals surface area contributed by atoms with Gasteiger partial charge in [-0.05, 0) is 50.2 Å². The van der Waals surface area contributed by atoms with Crippen molar-refractivity contribution in [2.45, 2.75) is 18.9 Å². The van der Waals surface area contributed by atoms with Crippen LogP contribution in [0, 0.1) is 5.82 Å². The largest absolute Gasteiger partial charge is 0.480 e. The Hall–Kier alpha value is -1.46. The van der Waals surface area contributed by atoms with E-state index < -0.39 is 5.97 Å². The summed E-state index contributed by atoms with van der Waals surface area (Å²) >= 11 is 0. The smallest absolute Gasteiger partial charge is 0.317 e. The van der Waals surface area contributed by atoms with Crippen molar-refractivity contribution in [2.75, 3.05) is 33.7 Å². The molecule has 1 unspecified atom stereocenters. The third kappa shape index (κ3) is 3.55. The van der Waals surface area contributed by atoms with Crippen LogP contribution in [0.2, 0.25) is 0 Å². The van der Waals surface area contributed by atoms with Crippen molar-refractivity contribution < 1.29 is 14.3 Å². The first-order chi connectivity index (χ1) is 9.47. The summed E-state index contributed by atoms with van der Waals surface area (Å²) in [6.07, 6.45) is 1.68. The quantitative estimate of drug-likeness (QED) is 0.862. The Labute approximate surface area is 118 Å². The number of carboxylic acids is 1. The average Bonchev–Trinajstić information content (AvgIpc) is 2.76. The average molecular weight is 280 g/mol. The van der Waals surface area contributed by atoms with Gasteiger partial charge in [0.25, 0.3) is 0 Å². The van der Waals surface area contributed by atoms with Gasteiger partial charge in [0.2, 0.25) is 0 Å². The van der Waals surface area contributed by atoms with E-state index in [0.717, 1.165) is 30.5 Å². The number of carbonyl (C=O) groups is 1. The maximum absolute atomic E-state index is 13.2. The van der Waals surface area contributed by atoms with Gasteiger partial charge in [0, 0.05) is 19.1 Å². The first-order valence-corrected chi connectivity index (χ1v) is 6.86.